The molecule has 1 saturated carbocycles. The lowest BCUT2D eigenvalue weighted by Crippen LogP contribution is -2.23. The first-order valence-corrected chi connectivity index (χ1v) is 13.0. The van der Waals surface area contributed by atoms with Gasteiger partial charge >= 0.3 is 0 Å². The second-order valence-electron chi connectivity index (χ2n) is 9.66. The maximum absolute atomic E-state index is 12.8. The van der Waals surface area contributed by atoms with E-state index in [2.05, 4.69) is 22.1 Å². The Balaban J connectivity index is 1.41. The Kier molecular flexibility index (Phi) is 7.54. The Hall–Kier alpha value is -4.39. The summed E-state index contributed by atoms with van der Waals surface area (Å²) in [5.41, 5.74) is 11.3. The third kappa shape index (κ3) is 5.32. The summed E-state index contributed by atoms with van der Waals surface area (Å²) in [5.74, 6) is -0.143. The fourth-order valence-electron chi connectivity index (χ4n) is 5.23. The Labute approximate surface area is 222 Å². The van der Waals surface area contributed by atoms with E-state index in [1.54, 1.807) is 25.3 Å². The number of ether oxygens (including phenoxy) is 1. The second-order valence-corrected chi connectivity index (χ2v) is 9.66. The van der Waals surface area contributed by atoms with Crippen LogP contribution in [-0.4, -0.2) is 28.7 Å². The first kappa shape index (κ1) is 25.3. The predicted octanol–water partition coefficient (Wildman–Crippen LogP) is 5.29. The van der Waals surface area contributed by atoms with Crippen molar-refractivity contribution < 1.29 is 14.3 Å². The molecule has 0 bridgehead atoms. The van der Waals surface area contributed by atoms with Crippen molar-refractivity contribution in [3.63, 3.8) is 0 Å². The van der Waals surface area contributed by atoms with Crippen molar-refractivity contribution in [2.45, 2.75) is 44.7 Å². The van der Waals surface area contributed by atoms with Gasteiger partial charge in [0.2, 0.25) is 0 Å². The predicted molar refractivity (Wildman–Crippen MR) is 147 cm³/mol. The molecular weight excluding hydrogens is 476 g/mol. The van der Waals surface area contributed by atoms with Crippen LogP contribution < -0.4 is 15.8 Å². The minimum atomic E-state index is -0.469. The number of rotatable bonds is 9. The molecule has 1 aliphatic carbocycles. The SMILES string of the molecule is COc1ccccc1C(=O)NCc1ccc(-c2nn(C3CCCC3)c(Cc3ccccc3)c2C(N)=O)cc1. The summed E-state index contributed by atoms with van der Waals surface area (Å²) >= 11 is 0. The number of nitrogens with two attached hydrogens (primary N) is 1. The van der Waals surface area contributed by atoms with Gasteiger partial charge in [-0.25, -0.2) is 0 Å². The monoisotopic (exact) mass is 508 g/mol. The maximum atomic E-state index is 12.8. The number of aromatic nitrogens is 2. The van der Waals surface area contributed by atoms with Gasteiger partial charge in [-0.3, -0.25) is 14.3 Å². The summed E-state index contributed by atoms with van der Waals surface area (Å²) in [6.07, 6.45) is 5.01. The van der Waals surface area contributed by atoms with E-state index in [9.17, 15) is 9.59 Å². The lowest BCUT2D eigenvalue weighted by Gasteiger charge is -2.15. The topological polar surface area (TPSA) is 99.2 Å². The van der Waals surface area contributed by atoms with Gasteiger partial charge in [0.1, 0.15) is 11.4 Å². The molecule has 1 aliphatic rings. The van der Waals surface area contributed by atoms with Crippen LogP contribution in [0.5, 0.6) is 5.75 Å². The van der Waals surface area contributed by atoms with Crippen LogP contribution in [-0.2, 0) is 13.0 Å². The molecule has 5 rings (SSSR count). The average Bonchev–Trinajstić information content (AvgIpc) is 3.61. The number of carbonyl (C=O) groups is 2. The summed E-state index contributed by atoms with van der Waals surface area (Å²) in [4.78, 5) is 25.4. The van der Waals surface area contributed by atoms with Gasteiger partial charge in [-0.1, -0.05) is 79.6 Å². The van der Waals surface area contributed by atoms with Gasteiger partial charge in [-0.2, -0.15) is 5.10 Å². The van der Waals surface area contributed by atoms with E-state index < -0.39 is 5.91 Å². The van der Waals surface area contributed by atoms with Crippen LogP contribution in [0.15, 0.2) is 78.9 Å². The van der Waals surface area contributed by atoms with Crippen molar-refractivity contribution in [3.8, 4) is 17.0 Å². The summed E-state index contributed by atoms with van der Waals surface area (Å²) in [7, 11) is 1.55. The highest BCUT2D eigenvalue weighted by Gasteiger charge is 2.28. The molecule has 7 nitrogen and oxygen atoms in total. The lowest BCUT2D eigenvalue weighted by atomic mass is 10.00. The number of nitrogens with zero attached hydrogens (tertiary/aromatic N) is 2. The molecule has 0 atom stereocenters. The minimum absolute atomic E-state index is 0.205. The van der Waals surface area contributed by atoms with Crippen molar-refractivity contribution >= 4 is 11.8 Å². The quantitative estimate of drug-likeness (QED) is 0.321. The van der Waals surface area contributed by atoms with Gasteiger partial charge in [0.15, 0.2) is 0 Å². The molecule has 1 fully saturated rings. The maximum Gasteiger partial charge on any atom is 0.255 e. The van der Waals surface area contributed by atoms with Crippen molar-refractivity contribution in [3.05, 3.63) is 107 Å². The van der Waals surface area contributed by atoms with Crippen LogP contribution in [0.25, 0.3) is 11.3 Å². The third-order valence-electron chi connectivity index (χ3n) is 7.17. The molecule has 3 aromatic carbocycles. The van der Waals surface area contributed by atoms with Gasteiger partial charge in [-0.15, -0.1) is 0 Å². The number of amides is 2. The third-order valence-corrected chi connectivity index (χ3v) is 7.17. The van der Waals surface area contributed by atoms with Crippen LogP contribution >= 0.6 is 0 Å². The van der Waals surface area contributed by atoms with Crippen molar-refractivity contribution in [1.82, 2.24) is 15.1 Å². The molecule has 0 aliphatic heterocycles. The number of carbonyl (C=O) groups excluding carboxylic acids is 2. The largest absolute Gasteiger partial charge is 0.496 e. The van der Waals surface area contributed by atoms with Gasteiger partial charge in [-0.05, 0) is 36.1 Å². The molecule has 194 valence electrons. The molecule has 0 unspecified atom stereocenters. The lowest BCUT2D eigenvalue weighted by molar-refractivity contribution is 0.0946. The summed E-state index contributed by atoms with van der Waals surface area (Å²) in [5, 5.41) is 7.92. The fraction of sp³-hybridized carbons (Fsp3) is 0.258. The van der Waals surface area contributed by atoms with E-state index in [4.69, 9.17) is 15.6 Å². The van der Waals surface area contributed by atoms with Crippen LogP contribution in [0.2, 0.25) is 0 Å². The van der Waals surface area contributed by atoms with Gasteiger partial charge in [0, 0.05) is 18.5 Å². The van der Waals surface area contributed by atoms with E-state index >= 15 is 0 Å². The molecule has 0 saturated heterocycles. The van der Waals surface area contributed by atoms with Crippen LogP contribution in [0.1, 0.15) is 69.3 Å². The van der Waals surface area contributed by atoms with Crippen LogP contribution in [0.3, 0.4) is 0 Å². The normalized spacial score (nSPS) is 13.4. The first-order chi connectivity index (χ1) is 18.5. The highest BCUT2D eigenvalue weighted by Crippen LogP contribution is 2.35. The number of methoxy groups -OCH3 is 1. The number of hydrogen-bond donors (Lipinski definition) is 2. The van der Waals surface area contributed by atoms with Crippen LogP contribution in [0, 0.1) is 0 Å². The first-order valence-electron chi connectivity index (χ1n) is 13.0. The smallest absolute Gasteiger partial charge is 0.255 e. The molecule has 38 heavy (non-hydrogen) atoms. The molecule has 2 amide bonds. The molecule has 3 N–H and O–H groups in total. The summed E-state index contributed by atoms with van der Waals surface area (Å²) in [6, 6.07) is 25.2. The number of benzene rings is 3. The zero-order chi connectivity index (χ0) is 26.5. The van der Waals surface area contributed by atoms with Crippen molar-refractivity contribution in [1.29, 1.82) is 0 Å². The fourth-order valence-corrected chi connectivity index (χ4v) is 5.23. The van der Waals surface area contributed by atoms with E-state index in [1.807, 2.05) is 48.5 Å². The standard InChI is InChI=1S/C31H32N4O3/c1-38-27-14-8-7-13-25(27)31(37)33-20-22-15-17-23(18-16-22)29-28(30(32)36)26(19-21-9-3-2-4-10-21)35(34-29)24-11-5-6-12-24/h2-4,7-10,13-18,24H,5-6,11-12,19-20H2,1H3,(H2,32,36)(H,33,37). The van der Waals surface area contributed by atoms with Gasteiger partial charge in [0.25, 0.3) is 11.8 Å². The number of para-hydroxylation sites is 1. The molecule has 7 heteroatoms. The average molecular weight is 509 g/mol. The van der Waals surface area contributed by atoms with Gasteiger partial charge in [0.05, 0.1) is 30.0 Å². The zero-order valence-corrected chi connectivity index (χ0v) is 21.5. The Bertz CT molecular complexity index is 1420. The summed E-state index contributed by atoms with van der Waals surface area (Å²) in [6.45, 7) is 0.357. The molecule has 1 heterocycles. The highest BCUT2D eigenvalue weighted by atomic mass is 16.5. The number of primary amides is 1. The molecule has 1 aromatic heterocycles. The van der Waals surface area contributed by atoms with E-state index in [0.717, 1.165) is 48.1 Å². The summed E-state index contributed by atoms with van der Waals surface area (Å²) < 4.78 is 7.34. The Morgan fingerprint density at radius 3 is 2.32 bits per heavy atom. The van der Waals surface area contributed by atoms with E-state index in [0.29, 0.717) is 35.5 Å². The second kappa shape index (κ2) is 11.3. The minimum Gasteiger partial charge on any atom is -0.496 e. The van der Waals surface area contributed by atoms with Gasteiger partial charge < -0.3 is 15.8 Å². The Morgan fingerprint density at radius 2 is 1.63 bits per heavy atom. The Morgan fingerprint density at radius 1 is 0.947 bits per heavy atom. The zero-order valence-electron chi connectivity index (χ0n) is 21.5. The number of nitrogens with one attached hydrogen (secondary N) is 1. The highest BCUT2D eigenvalue weighted by molar-refractivity contribution is 6.00. The molecule has 4 aromatic rings. The molecular formula is C31H32N4O3. The van der Waals surface area contributed by atoms with E-state index in [-0.39, 0.29) is 11.9 Å². The van der Waals surface area contributed by atoms with E-state index in [1.165, 1.54) is 0 Å². The molecule has 0 radical (unpaired) electrons. The number of hydrogen-bond acceptors (Lipinski definition) is 4. The van der Waals surface area contributed by atoms with Crippen molar-refractivity contribution in [2.75, 3.05) is 7.11 Å². The van der Waals surface area contributed by atoms with Crippen LogP contribution in [0.4, 0.5) is 0 Å². The van der Waals surface area contributed by atoms with Crippen molar-refractivity contribution in [2.24, 2.45) is 5.73 Å². The molecule has 0 spiro atoms.